The van der Waals surface area contributed by atoms with Gasteiger partial charge in [0.25, 0.3) is 0 Å². The maximum Gasteiger partial charge on any atom is 0.0462 e. The molecule has 12 aromatic rings. The molecule has 0 saturated heterocycles. The molecule has 0 bridgehead atoms. The van der Waals surface area contributed by atoms with Crippen molar-refractivity contribution >= 4 is 48.6 Å². The molecule has 11 aromatic carbocycles. The van der Waals surface area contributed by atoms with Gasteiger partial charge in [0.1, 0.15) is 0 Å². The van der Waals surface area contributed by atoms with Gasteiger partial charge in [-0.2, -0.15) is 0 Å². The summed E-state index contributed by atoms with van der Waals surface area (Å²) < 4.78 is 2.67. The fraction of sp³-hybridized carbons (Fsp3) is 0. The second-order valence-electron chi connectivity index (χ2n) is 17.3. The second kappa shape index (κ2) is 18.0. The van der Waals surface area contributed by atoms with Gasteiger partial charge in [-0.1, -0.05) is 212 Å². The molecule has 0 spiro atoms. The third-order valence-electron chi connectivity index (χ3n) is 13.1. The molecule has 0 aliphatic heterocycles. The number of anilines is 3. The van der Waals surface area contributed by atoms with Crippen molar-refractivity contribution in [3.8, 4) is 77.9 Å². The minimum Gasteiger partial charge on any atom is -0.311 e. The molecule has 0 fully saturated rings. The van der Waals surface area contributed by atoms with Gasteiger partial charge in [0.15, 0.2) is 0 Å². The molecule has 0 amide bonds. The lowest BCUT2D eigenvalue weighted by Gasteiger charge is -2.26. The molecule has 0 aliphatic rings. The normalized spacial score (nSPS) is 11.2. The summed E-state index contributed by atoms with van der Waals surface area (Å²) in [5.74, 6) is 0. The Bertz CT molecular complexity index is 3560. The van der Waals surface area contributed by atoms with Crippen molar-refractivity contribution < 1.29 is 0 Å². The van der Waals surface area contributed by atoms with E-state index >= 15 is 0 Å². The van der Waals surface area contributed by atoms with Crippen LogP contribution >= 0.6 is 11.3 Å². The fourth-order valence-electron chi connectivity index (χ4n) is 9.57. The predicted molar refractivity (Wildman–Crippen MR) is 292 cm³/mol. The quantitative estimate of drug-likeness (QED) is 0.132. The fourth-order valence-corrected chi connectivity index (χ4v) is 10.8. The molecule has 1 aromatic heterocycles. The van der Waals surface area contributed by atoms with Gasteiger partial charge < -0.3 is 4.90 Å². The molecular formula is C66H45NS. The first kappa shape index (κ1) is 40.9. The molecule has 0 aliphatic carbocycles. The highest BCUT2D eigenvalue weighted by atomic mass is 32.1. The van der Waals surface area contributed by atoms with Crippen molar-refractivity contribution in [2.24, 2.45) is 0 Å². The molecule has 12 rings (SSSR count). The van der Waals surface area contributed by atoms with E-state index < -0.39 is 0 Å². The molecule has 0 unspecified atom stereocenters. The predicted octanol–water partition coefficient (Wildman–Crippen LogP) is 19.2. The van der Waals surface area contributed by atoms with Gasteiger partial charge in [-0.15, -0.1) is 11.3 Å². The highest BCUT2D eigenvalue weighted by Gasteiger charge is 2.16. The van der Waals surface area contributed by atoms with Crippen LogP contribution in [-0.4, -0.2) is 0 Å². The van der Waals surface area contributed by atoms with Crippen molar-refractivity contribution in [1.29, 1.82) is 0 Å². The minimum absolute atomic E-state index is 1.09. The lowest BCUT2D eigenvalue weighted by atomic mass is 9.96. The molecule has 1 nitrogen and oxygen atoms in total. The van der Waals surface area contributed by atoms with Crippen molar-refractivity contribution in [2.45, 2.75) is 0 Å². The molecule has 0 saturated carbocycles. The number of benzene rings is 11. The van der Waals surface area contributed by atoms with E-state index in [0.29, 0.717) is 0 Å². The van der Waals surface area contributed by atoms with E-state index in [1.807, 2.05) is 11.3 Å². The summed E-state index contributed by atoms with van der Waals surface area (Å²) in [4.78, 5) is 2.35. The van der Waals surface area contributed by atoms with E-state index in [4.69, 9.17) is 0 Å². The Morgan fingerprint density at radius 1 is 0.221 bits per heavy atom. The first-order valence-corrected chi connectivity index (χ1v) is 24.0. The van der Waals surface area contributed by atoms with E-state index in [-0.39, 0.29) is 0 Å². The van der Waals surface area contributed by atoms with Gasteiger partial charge in [0, 0.05) is 37.2 Å². The van der Waals surface area contributed by atoms with E-state index in [0.717, 1.165) is 17.1 Å². The number of thiophene rings is 1. The van der Waals surface area contributed by atoms with Gasteiger partial charge in [0.05, 0.1) is 0 Å². The molecule has 320 valence electrons. The Morgan fingerprint density at radius 3 is 0.985 bits per heavy atom. The van der Waals surface area contributed by atoms with E-state index in [9.17, 15) is 0 Å². The Morgan fingerprint density at radius 2 is 0.529 bits per heavy atom. The van der Waals surface area contributed by atoms with Crippen LogP contribution < -0.4 is 4.90 Å². The van der Waals surface area contributed by atoms with E-state index in [1.165, 1.54) is 98.1 Å². The monoisotopic (exact) mass is 883 g/mol. The third kappa shape index (κ3) is 8.08. The number of nitrogens with zero attached hydrogens (tertiary/aromatic N) is 1. The lowest BCUT2D eigenvalue weighted by molar-refractivity contribution is 1.28. The smallest absolute Gasteiger partial charge is 0.0462 e. The van der Waals surface area contributed by atoms with Gasteiger partial charge in [-0.3, -0.25) is 0 Å². The number of fused-ring (bicyclic) bond motifs is 3. The Labute approximate surface area is 402 Å². The molecule has 2 heteroatoms. The standard InChI is InChI=1S/C66H45NS/c1-3-13-46(14-4-1)53-17-9-19-55(43-53)51-33-39-60(40-34-51)67(61-41-35-52(36-42-61)56-20-10-18-54(44-56)47-15-5-2-6-16-47)59-37-31-49(32-38-59)48-27-29-50(30-28-48)57-21-11-22-58(45-57)62-24-12-25-64-63-23-7-8-26-65(63)68-66(62)64/h1-45H. The van der Waals surface area contributed by atoms with Gasteiger partial charge >= 0.3 is 0 Å². The number of hydrogen-bond acceptors (Lipinski definition) is 2. The Hall–Kier alpha value is -8.56. The topological polar surface area (TPSA) is 3.24 Å². The molecule has 0 radical (unpaired) electrons. The summed E-state index contributed by atoms with van der Waals surface area (Å²) in [5.41, 5.74) is 20.2. The molecular weight excluding hydrogens is 839 g/mol. The van der Waals surface area contributed by atoms with Crippen LogP contribution in [0.15, 0.2) is 273 Å². The van der Waals surface area contributed by atoms with Gasteiger partial charge in [-0.05, 0) is 139 Å². The highest BCUT2D eigenvalue weighted by molar-refractivity contribution is 7.26. The number of rotatable bonds is 10. The largest absolute Gasteiger partial charge is 0.311 e. The third-order valence-corrected chi connectivity index (χ3v) is 14.3. The summed E-state index contributed by atoms with van der Waals surface area (Å²) in [6.45, 7) is 0. The molecule has 1 heterocycles. The SMILES string of the molecule is c1ccc(-c2cccc(-c3ccc(N(c4ccc(-c5ccc(-c6cccc(-c7cccc8c7sc7ccccc78)c6)cc5)cc4)c4ccc(-c5cccc(-c6ccccc6)c5)cc4)cc3)c2)cc1. The van der Waals surface area contributed by atoms with Crippen LogP contribution in [0.2, 0.25) is 0 Å². The van der Waals surface area contributed by atoms with Crippen LogP contribution in [0.4, 0.5) is 17.1 Å². The zero-order chi connectivity index (χ0) is 45.2. The van der Waals surface area contributed by atoms with Crippen molar-refractivity contribution in [3.05, 3.63) is 273 Å². The molecule has 68 heavy (non-hydrogen) atoms. The number of hydrogen-bond donors (Lipinski definition) is 0. The van der Waals surface area contributed by atoms with Crippen LogP contribution in [0.5, 0.6) is 0 Å². The maximum absolute atomic E-state index is 2.35. The molecule has 0 atom stereocenters. The first-order valence-electron chi connectivity index (χ1n) is 23.2. The summed E-state index contributed by atoms with van der Waals surface area (Å²) in [5, 5.41) is 2.65. The molecule has 0 N–H and O–H groups in total. The van der Waals surface area contributed by atoms with Crippen LogP contribution in [0.1, 0.15) is 0 Å². The minimum atomic E-state index is 1.09. The lowest BCUT2D eigenvalue weighted by Crippen LogP contribution is -2.09. The Kier molecular flexibility index (Phi) is 10.8. The average Bonchev–Trinajstić information content (AvgIpc) is 3.81. The summed E-state index contributed by atoms with van der Waals surface area (Å²) >= 11 is 1.88. The second-order valence-corrected chi connectivity index (χ2v) is 18.4. The zero-order valence-corrected chi connectivity index (χ0v) is 38.2. The van der Waals surface area contributed by atoms with E-state index in [2.05, 4.69) is 278 Å². The van der Waals surface area contributed by atoms with Crippen LogP contribution in [0.25, 0.3) is 98.1 Å². The van der Waals surface area contributed by atoms with Crippen LogP contribution in [-0.2, 0) is 0 Å². The van der Waals surface area contributed by atoms with Crippen LogP contribution in [0.3, 0.4) is 0 Å². The zero-order valence-electron chi connectivity index (χ0n) is 37.3. The van der Waals surface area contributed by atoms with Gasteiger partial charge in [-0.25, -0.2) is 0 Å². The van der Waals surface area contributed by atoms with Crippen LogP contribution in [0, 0.1) is 0 Å². The Balaban J connectivity index is 0.844. The summed E-state index contributed by atoms with van der Waals surface area (Å²) in [6, 6.07) is 99.1. The van der Waals surface area contributed by atoms with E-state index in [1.54, 1.807) is 0 Å². The van der Waals surface area contributed by atoms with Crippen molar-refractivity contribution in [1.82, 2.24) is 0 Å². The van der Waals surface area contributed by atoms with Crippen molar-refractivity contribution in [2.75, 3.05) is 4.90 Å². The van der Waals surface area contributed by atoms with Crippen molar-refractivity contribution in [3.63, 3.8) is 0 Å². The maximum atomic E-state index is 2.35. The first-order chi connectivity index (χ1) is 33.7. The summed E-state index contributed by atoms with van der Waals surface area (Å²) in [7, 11) is 0. The summed E-state index contributed by atoms with van der Waals surface area (Å²) in [6.07, 6.45) is 0. The average molecular weight is 884 g/mol. The van der Waals surface area contributed by atoms with Gasteiger partial charge in [0.2, 0.25) is 0 Å². The highest BCUT2D eigenvalue weighted by Crippen LogP contribution is 2.42.